The Kier molecular flexibility index (Phi) is 6.38. The Bertz CT molecular complexity index is 402. The summed E-state index contributed by atoms with van der Waals surface area (Å²) in [5.74, 6) is 1.32. The Hall–Kier alpha value is -0.850. The van der Waals surface area contributed by atoms with Crippen molar-refractivity contribution < 1.29 is 0 Å². The zero-order valence-electron chi connectivity index (χ0n) is 10.7. The van der Waals surface area contributed by atoms with E-state index in [2.05, 4.69) is 15.3 Å². The SMILES string of the molecule is Cc1cccc(CN=C(N)NCC2CCC2)n1.I. The molecule has 100 valence electrons. The van der Waals surface area contributed by atoms with E-state index in [1.165, 1.54) is 19.3 Å². The molecule has 1 aliphatic rings. The third-order valence-electron chi connectivity index (χ3n) is 3.15. The molecule has 0 saturated heterocycles. The second-order valence-corrected chi connectivity index (χ2v) is 4.65. The second-order valence-electron chi connectivity index (χ2n) is 4.65. The maximum atomic E-state index is 5.80. The molecule has 4 nitrogen and oxygen atoms in total. The van der Waals surface area contributed by atoms with Crippen molar-refractivity contribution in [2.75, 3.05) is 6.54 Å². The van der Waals surface area contributed by atoms with Gasteiger partial charge in [-0.05, 0) is 37.8 Å². The number of nitrogens with one attached hydrogen (secondary N) is 1. The lowest BCUT2D eigenvalue weighted by molar-refractivity contribution is 0.315. The fraction of sp³-hybridized carbons (Fsp3) is 0.538. The maximum Gasteiger partial charge on any atom is 0.188 e. The Labute approximate surface area is 125 Å². The first-order valence-corrected chi connectivity index (χ1v) is 6.20. The summed E-state index contributed by atoms with van der Waals surface area (Å²) < 4.78 is 0. The Morgan fingerprint density at radius 1 is 1.50 bits per heavy atom. The van der Waals surface area contributed by atoms with Crippen LogP contribution in [0.1, 0.15) is 30.7 Å². The molecule has 1 fully saturated rings. The summed E-state index contributed by atoms with van der Waals surface area (Å²) in [6.07, 6.45) is 4.00. The van der Waals surface area contributed by atoms with Crippen molar-refractivity contribution in [3.05, 3.63) is 29.6 Å². The highest BCUT2D eigenvalue weighted by atomic mass is 127. The number of rotatable bonds is 4. The molecular formula is C13H21IN4. The molecule has 5 heteroatoms. The third-order valence-corrected chi connectivity index (χ3v) is 3.15. The number of hydrogen-bond donors (Lipinski definition) is 2. The van der Waals surface area contributed by atoms with Crippen molar-refractivity contribution in [2.24, 2.45) is 16.6 Å². The van der Waals surface area contributed by atoms with E-state index >= 15 is 0 Å². The average Bonchev–Trinajstić information content (AvgIpc) is 2.24. The van der Waals surface area contributed by atoms with Crippen molar-refractivity contribution in [3.63, 3.8) is 0 Å². The zero-order valence-corrected chi connectivity index (χ0v) is 13.1. The van der Waals surface area contributed by atoms with Crippen LogP contribution < -0.4 is 11.1 Å². The van der Waals surface area contributed by atoms with Gasteiger partial charge < -0.3 is 11.1 Å². The number of guanidine groups is 1. The maximum absolute atomic E-state index is 5.80. The van der Waals surface area contributed by atoms with E-state index in [4.69, 9.17) is 5.73 Å². The van der Waals surface area contributed by atoms with E-state index in [0.29, 0.717) is 12.5 Å². The van der Waals surface area contributed by atoms with E-state index in [-0.39, 0.29) is 24.0 Å². The van der Waals surface area contributed by atoms with Crippen molar-refractivity contribution in [2.45, 2.75) is 32.7 Å². The monoisotopic (exact) mass is 360 g/mol. The number of aliphatic imine (C=N–C) groups is 1. The smallest absolute Gasteiger partial charge is 0.188 e. The lowest BCUT2D eigenvalue weighted by atomic mass is 9.85. The first kappa shape index (κ1) is 15.2. The second kappa shape index (κ2) is 7.56. The van der Waals surface area contributed by atoms with Crippen LogP contribution in [-0.4, -0.2) is 17.5 Å². The molecule has 1 aromatic rings. The van der Waals surface area contributed by atoms with Crippen LogP contribution in [0.25, 0.3) is 0 Å². The molecule has 3 N–H and O–H groups in total. The molecule has 0 aromatic carbocycles. The quantitative estimate of drug-likeness (QED) is 0.492. The minimum atomic E-state index is 0. The molecule has 1 heterocycles. The first-order valence-electron chi connectivity index (χ1n) is 6.20. The standard InChI is InChI=1S/C13H20N4.HI/c1-10-4-2-7-12(17-10)9-16-13(14)15-8-11-5-3-6-11;/h2,4,7,11H,3,5-6,8-9H2,1H3,(H3,14,15,16);1H. The number of aryl methyl sites for hydroxylation is 1. The van der Waals surface area contributed by atoms with Crippen LogP contribution in [0, 0.1) is 12.8 Å². The van der Waals surface area contributed by atoms with Gasteiger partial charge in [0.25, 0.3) is 0 Å². The number of aromatic nitrogens is 1. The van der Waals surface area contributed by atoms with Crippen molar-refractivity contribution in [3.8, 4) is 0 Å². The Morgan fingerprint density at radius 3 is 2.89 bits per heavy atom. The number of nitrogens with two attached hydrogens (primary N) is 1. The number of nitrogens with zero attached hydrogens (tertiary/aromatic N) is 2. The van der Waals surface area contributed by atoms with Crippen LogP contribution >= 0.6 is 24.0 Å². The molecule has 1 aliphatic carbocycles. The molecule has 0 radical (unpaired) electrons. The predicted octanol–water partition coefficient (Wildman–Crippen LogP) is 2.21. The van der Waals surface area contributed by atoms with E-state index in [1.807, 2.05) is 25.1 Å². The number of hydrogen-bond acceptors (Lipinski definition) is 2. The van der Waals surface area contributed by atoms with Gasteiger partial charge in [0.15, 0.2) is 5.96 Å². The summed E-state index contributed by atoms with van der Waals surface area (Å²) in [6.45, 7) is 3.48. The molecule has 0 atom stereocenters. The zero-order chi connectivity index (χ0) is 12.1. The highest BCUT2D eigenvalue weighted by molar-refractivity contribution is 14.0. The molecular weight excluding hydrogens is 339 g/mol. The summed E-state index contributed by atoms with van der Waals surface area (Å²) >= 11 is 0. The van der Waals surface area contributed by atoms with Crippen molar-refractivity contribution >= 4 is 29.9 Å². The first-order chi connectivity index (χ1) is 8.24. The van der Waals surface area contributed by atoms with Gasteiger partial charge in [0.05, 0.1) is 12.2 Å². The van der Waals surface area contributed by atoms with Gasteiger partial charge in [-0.25, -0.2) is 4.99 Å². The van der Waals surface area contributed by atoms with E-state index < -0.39 is 0 Å². The predicted molar refractivity (Wildman–Crippen MR) is 85.1 cm³/mol. The van der Waals surface area contributed by atoms with E-state index in [9.17, 15) is 0 Å². The Morgan fingerprint density at radius 2 is 2.28 bits per heavy atom. The molecule has 0 bridgehead atoms. The Balaban J connectivity index is 0.00000162. The van der Waals surface area contributed by atoms with Crippen LogP contribution in [0.3, 0.4) is 0 Å². The molecule has 0 aliphatic heterocycles. The van der Waals surface area contributed by atoms with Gasteiger partial charge in [-0.15, -0.1) is 24.0 Å². The molecule has 2 rings (SSSR count). The van der Waals surface area contributed by atoms with Gasteiger partial charge in [-0.1, -0.05) is 12.5 Å². The van der Waals surface area contributed by atoms with Crippen LogP contribution in [-0.2, 0) is 6.54 Å². The number of halogens is 1. The fourth-order valence-electron chi connectivity index (χ4n) is 1.86. The minimum Gasteiger partial charge on any atom is -0.370 e. The fourth-order valence-corrected chi connectivity index (χ4v) is 1.86. The average molecular weight is 360 g/mol. The molecule has 0 spiro atoms. The van der Waals surface area contributed by atoms with E-state index in [1.54, 1.807) is 0 Å². The summed E-state index contributed by atoms with van der Waals surface area (Å²) in [7, 11) is 0. The van der Waals surface area contributed by atoms with Gasteiger partial charge in [0.1, 0.15) is 0 Å². The van der Waals surface area contributed by atoms with Gasteiger partial charge in [-0.2, -0.15) is 0 Å². The van der Waals surface area contributed by atoms with Gasteiger partial charge in [0, 0.05) is 12.2 Å². The van der Waals surface area contributed by atoms with Crippen molar-refractivity contribution in [1.29, 1.82) is 0 Å². The highest BCUT2D eigenvalue weighted by Crippen LogP contribution is 2.24. The number of pyridine rings is 1. The molecule has 1 saturated carbocycles. The third kappa shape index (κ3) is 4.80. The largest absolute Gasteiger partial charge is 0.370 e. The van der Waals surface area contributed by atoms with Gasteiger partial charge in [-0.3, -0.25) is 4.98 Å². The summed E-state index contributed by atoms with van der Waals surface area (Å²) in [6, 6.07) is 5.94. The summed E-state index contributed by atoms with van der Waals surface area (Å²) in [5.41, 5.74) is 7.77. The van der Waals surface area contributed by atoms with Crippen LogP contribution in [0.5, 0.6) is 0 Å². The molecule has 0 unspecified atom stereocenters. The molecule has 1 aromatic heterocycles. The van der Waals surface area contributed by atoms with Crippen LogP contribution in [0.4, 0.5) is 0 Å². The molecule has 0 amide bonds. The lowest BCUT2D eigenvalue weighted by Gasteiger charge is -2.25. The normalized spacial score (nSPS) is 15.7. The van der Waals surface area contributed by atoms with E-state index in [0.717, 1.165) is 23.9 Å². The molecule has 18 heavy (non-hydrogen) atoms. The summed E-state index contributed by atoms with van der Waals surface area (Å²) in [5, 5.41) is 3.17. The topological polar surface area (TPSA) is 63.3 Å². The van der Waals surface area contributed by atoms with Gasteiger partial charge in [0.2, 0.25) is 0 Å². The van der Waals surface area contributed by atoms with Crippen molar-refractivity contribution in [1.82, 2.24) is 10.3 Å². The van der Waals surface area contributed by atoms with Gasteiger partial charge >= 0.3 is 0 Å². The van der Waals surface area contributed by atoms with Crippen LogP contribution in [0.15, 0.2) is 23.2 Å². The minimum absolute atomic E-state index is 0. The summed E-state index contributed by atoms with van der Waals surface area (Å²) in [4.78, 5) is 8.66. The lowest BCUT2D eigenvalue weighted by Crippen LogP contribution is -2.37. The highest BCUT2D eigenvalue weighted by Gasteiger charge is 2.16. The van der Waals surface area contributed by atoms with Crippen LogP contribution in [0.2, 0.25) is 0 Å².